The molecule has 19 heavy (non-hydrogen) atoms. The Morgan fingerprint density at radius 2 is 1.74 bits per heavy atom. The summed E-state index contributed by atoms with van der Waals surface area (Å²) >= 11 is 0. The normalized spacial score (nSPS) is 13.3. The van der Waals surface area contributed by atoms with E-state index in [1.54, 1.807) is 13.8 Å². The predicted octanol–water partition coefficient (Wildman–Crippen LogP) is 2.58. The standard InChI is InChI=1S/C12H27N2O4P/c1-4-7-8-9-10-11(12(15)14-13)19(16,17-5-2)18-6-3/h11H,4-10,13H2,1-3H3,(H,14,15). The number of rotatable bonds is 11. The van der Waals surface area contributed by atoms with Gasteiger partial charge < -0.3 is 9.05 Å². The van der Waals surface area contributed by atoms with Crippen molar-refractivity contribution in [1.82, 2.24) is 5.43 Å². The fourth-order valence-electron chi connectivity index (χ4n) is 1.87. The molecule has 0 bridgehead atoms. The Morgan fingerprint density at radius 3 is 2.16 bits per heavy atom. The Kier molecular flexibility index (Phi) is 10.1. The fraction of sp³-hybridized carbons (Fsp3) is 0.917. The third-order valence-corrected chi connectivity index (χ3v) is 5.27. The smallest absolute Gasteiger partial charge is 0.308 e. The van der Waals surface area contributed by atoms with E-state index in [0.717, 1.165) is 25.7 Å². The van der Waals surface area contributed by atoms with Crippen LogP contribution in [0.3, 0.4) is 0 Å². The monoisotopic (exact) mass is 294 g/mol. The highest BCUT2D eigenvalue weighted by Crippen LogP contribution is 2.54. The van der Waals surface area contributed by atoms with Gasteiger partial charge in [-0.3, -0.25) is 14.8 Å². The molecular weight excluding hydrogens is 267 g/mol. The zero-order valence-electron chi connectivity index (χ0n) is 12.2. The minimum atomic E-state index is -3.44. The molecular formula is C12H27N2O4P. The number of hydrogen-bond acceptors (Lipinski definition) is 5. The van der Waals surface area contributed by atoms with Crippen molar-refractivity contribution in [2.45, 2.75) is 58.5 Å². The molecule has 1 amide bonds. The molecule has 0 aliphatic heterocycles. The molecule has 0 aromatic rings. The average Bonchev–Trinajstić information content (AvgIpc) is 2.38. The van der Waals surface area contributed by atoms with Crippen LogP contribution < -0.4 is 11.3 Å². The molecule has 0 radical (unpaired) electrons. The number of amides is 1. The summed E-state index contributed by atoms with van der Waals surface area (Å²) in [5.41, 5.74) is 1.23. The van der Waals surface area contributed by atoms with Crippen molar-refractivity contribution in [3.05, 3.63) is 0 Å². The fourth-order valence-corrected chi connectivity index (χ4v) is 3.89. The average molecular weight is 294 g/mol. The van der Waals surface area contributed by atoms with E-state index in [1.807, 2.05) is 0 Å². The highest BCUT2D eigenvalue weighted by molar-refractivity contribution is 7.55. The summed E-state index contributed by atoms with van der Waals surface area (Å²) in [6.45, 7) is 6.02. The lowest BCUT2D eigenvalue weighted by Crippen LogP contribution is -2.39. The van der Waals surface area contributed by atoms with Crippen LogP contribution in [-0.2, 0) is 18.4 Å². The van der Waals surface area contributed by atoms with Crippen LogP contribution in [0.4, 0.5) is 0 Å². The molecule has 0 aromatic carbocycles. The van der Waals surface area contributed by atoms with Gasteiger partial charge in [0.25, 0.3) is 0 Å². The second-order valence-corrected chi connectivity index (χ2v) is 6.47. The van der Waals surface area contributed by atoms with Crippen molar-refractivity contribution >= 4 is 13.5 Å². The molecule has 0 aromatic heterocycles. The van der Waals surface area contributed by atoms with Gasteiger partial charge >= 0.3 is 7.60 Å². The van der Waals surface area contributed by atoms with Crippen LogP contribution in [-0.4, -0.2) is 24.8 Å². The van der Waals surface area contributed by atoms with Gasteiger partial charge in [0.05, 0.1) is 13.2 Å². The minimum Gasteiger partial charge on any atom is -0.308 e. The second-order valence-electron chi connectivity index (χ2n) is 4.25. The molecule has 3 N–H and O–H groups in total. The SMILES string of the molecule is CCCCCCC(C(=O)NN)P(=O)(OCC)OCC. The molecule has 7 heteroatoms. The van der Waals surface area contributed by atoms with E-state index in [1.165, 1.54) is 0 Å². The van der Waals surface area contributed by atoms with Crippen molar-refractivity contribution in [3.8, 4) is 0 Å². The van der Waals surface area contributed by atoms with Crippen molar-refractivity contribution in [2.75, 3.05) is 13.2 Å². The van der Waals surface area contributed by atoms with E-state index < -0.39 is 19.2 Å². The summed E-state index contributed by atoms with van der Waals surface area (Å²) in [4.78, 5) is 11.8. The zero-order valence-corrected chi connectivity index (χ0v) is 13.1. The number of unbranched alkanes of at least 4 members (excludes halogenated alkanes) is 3. The van der Waals surface area contributed by atoms with Crippen LogP contribution in [0.1, 0.15) is 52.9 Å². The maximum absolute atomic E-state index is 12.6. The van der Waals surface area contributed by atoms with E-state index in [-0.39, 0.29) is 13.2 Å². The largest absolute Gasteiger partial charge is 0.343 e. The topological polar surface area (TPSA) is 90.7 Å². The Balaban J connectivity index is 4.77. The number of carbonyl (C=O) groups is 1. The van der Waals surface area contributed by atoms with E-state index in [9.17, 15) is 9.36 Å². The van der Waals surface area contributed by atoms with Crippen LogP contribution in [0, 0.1) is 0 Å². The first kappa shape index (κ1) is 18.6. The van der Waals surface area contributed by atoms with Gasteiger partial charge in [0, 0.05) is 0 Å². The maximum Gasteiger partial charge on any atom is 0.343 e. The Hall–Kier alpha value is -0.420. The molecule has 0 rings (SSSR count). The van der Waals surface area contributed by atoms with Gasteiger partial charge in [-0.15, -0.1) is 0 Å². The Labute approximate surface area is 115 Å². The first-order valence-electron chi connectivity index (χ1n) is 6.94. The summed E-state index contributed by atoms with van der Waals surface area (Å²) in [6.07, 6.45) is 4.44. The lowest BCUT2D eigenvalue weighted by Gasteiger charge is -2.24. The van der Waals surface area contributed by atoms with Gasteiger partial charge in [-0.05, 0) is 20.3 Å². The quantitative estimate of drug-likeness (QED) is 0.201. The molecule has 0 fully saturated rings. The lowest BCUT2D eigenvalue weighted by atomic mass is 10.1. The number of hydrogen-bond donors (Lipinski definition) is 2. The van der Waals surface area contributed by atoms with Crippen LogP contribution in [0.2, 0.25) is 0 Å². The minimum absolute atomic E-state index is 0.237. The van der Waals surface area contributed by atoms with Gasteiger partial charge in [0.15, 0.2) is 0 Å². The summed E-state index contributed by atoms with van der Waals surface area (Å²) < 4.78 is 23.1. The molecule has 0 aliphatic rings. The van der Waals surface area contributed by atoms with Crippen LogP contribution >= 0.6 is 7.60 Å². The van der Waals surface area contributed by atoms with Crippen molar-refractivity contribution < 1.29 is 18.4 Å². The zero-order chi connectivity index (χ0) is 14.7. The summed E-state index contributed by atoms with van der Waals surface area (Å²) in [5.74, 6) is 4.68. The van der Waals surface area contributed by atoms with E-state index in [2.05, 4.69) is 12.3 Å². The molecule has 0 aliphatic carbocycles. The second kappa shape index (κ2) is 10.4. The van der Waals surface area contributed by atoms with Gasteiger partial charge in [0.2, 0.25) is 5.91 Å². The van der Waals surface area contributed by atoms with E-state index in [4.69, 9.17) is 14.9 Å². The maximum atomic E-state index is 12.6. The van der Waals surface area contributed by atoms with Crippen molar-refractivity contribution in [1.29, 1.82) is 0 Å². The molecule has 0 heterocycles. The van der Waals surface area contributed by atoms with Gasteiger partial charge in [0.1, 0.15) is 5.66 Å². The molecule has 0 saturated carbocycles. The number of nitrogens with two attached hydrogens (primary N) is 1. The molecule has 1 atom stereocenters. The van der Waals surface area contributed by atoms with Crippen LogP contribution in [0.15, 0.2) is 0 Å². The van der Waals surface area contributed by atoms with Crippen LogP contribution in [0.5, 0.6) is 0 Å². The third kappa shape index (κ3) is 6.52. The molecule has 114 valence electrons. The molecule has 6 nitrogen and oxygen atoms in total. The number of hydrazine groups is 1. The summed E-state index contributed by atoms with van der Waals surface area (Å²) in [5, 5.41) is 0. The first-order valence-corrected chi connectivity index (χ1v) is 8.56. The highest BCUT2D eigenvalue weighted by Gasteiger charge is 2.40. The first-order chi connectivity index (χ1) is 9.05. The van der Waals surface area contributed by atoms with E-state index >= 15 is 0 Å². The Bertz CT molecular complexity index is 289. The lowest BCUT2D eigenvalue weighted by molar-refractivity contribution is -0.121. The van der Waals surface area contributed by atoms with E-state index in [0.29, 0.717) is 6.42 Å². The summed E-state index contributed by atoms with van der Waals surface area (Å²) in [7, 11) is -3.44. The molecule has 0 spiro atoms. The predicted molar refractivity (Wildman–Crippen MR) is 75.7 cm³/mol. The van der Waals surface area contributed by atoms with Gasteiger partial charge in [-0.1, -0.05) is 32.6 Å². The third-order valence-electron chi connectivity index (χ3n) is 2.78. The number of nitrogens with one attached hydrogen (secondary N) is 1. The number of carbonyl (C=O) groups excluding carboxylic acids is 1. The van der Waals surface area contributed by atoms with Crippen molar-refractivity contribution in [2.24, 2.45) is 5.84 Å². The van der Waals surface area contributed by atoms with Crippen molar-refractivity contribution in [3.63, 3.8) is 0 Å². The molecule has 1 unspecified atom stereocenters. The molecule has 0 saturated heterocycles. The Morgan fingerprint density at radius 1 is 1.16 bits per heavy atom. The van der Waals surface area contributed by atoms with Gasteiger partial charge in [-0.25, -0.2) is 5.84 Å². The van der Waals surface area contributed by atoms with Gasteiger partial charge in [-0.2, -0.15) is 0 Å². The van der Waals surface area contributed by atoms with Crippen LogP contribution in [0.25, 0.3) is 0 Å². The summed E-state index contributed by atoms with van der Waals surface area (Å²) in [6, 6.07) is 0. The highest BCUT2D eigenvalue weighted by atomic mass is 31.2.